The summed E-state index contributed by atoms with van der Waals surface area (Å²) in [6, 6.07) is 5.04. The summed E-state index contributed by atoms with van der Waals surface area (Å²) in [4.78, 5) is 23.0. The number of aliphatic hydroxyl groups excluding tert-OH is 1. The fourth-order valence-electron chi connectivity index (χ4n) is 1.56. The molecule has 0 aromatic heterocycles. The van der Waals surface area contributed by atoms with Gasteiger partial charge in [0.25, 0.3) is 5.95 Å². The molecule has 1 N–H and O–H groups in total. The zero-order valence-electron chi connectivity index (χ0n) is 13.8. The molecule has 9 nitrogen and oxygen atoms in total. The number of aliphatic hydroxyl groups is 1. The standard InChI is InChI=1S/C16H15N3O6/c1-23-14(20)6-11(7-17)10(4-12(8-18)15(21)24-2)5-13(9-19)16(22)25-3/h4-5,11,21H,6H2,1-3H3/b10-4-,13-5-,15-12-. The first-order chi connectivity index (χ1) is 11.9. The largest absolute Gasteiger partial charge is 0.480 e. The van der Waals surface area contributed by atoms with Crippen molar-refractivity contribution in [2.45, 2.75) is 6.42 Å². The second kappa shape index (κ2) is 10.9. The third-order valence-electron chi connectivity index (χ3n) is 2.85. The van der Waals surface area contributed by atoms with E-state index in [1.165, 1.54) is 0 Å². The molecule has 0 bridgehead atoms. The van der Waals surface area contributed by atoms with Gasteiger partial charge in [-0.1, -0.05) is 0 Å². The second-order valence-corrected chi connectivity index (χ2v) is 4.30. The van der Waals surface area contributed by atoms with E-state index >= 15 is 0 Å². The quantitative estimate of drug-likeness (QED) is 0.235. The molecule has 0 amide bonds. The van der Waals surface area contributed by atoms with Gasteiger partial charge in [0.05, 0.1) is 39.7 Å². The molecule has 0 aliphatic carbocycles. The summed E-state index contributed by atoms with van der Waals surface area (Å²) in [5, 5.41) is 36.9. The molecule has 0 aromatic rings. The van der Waals surface area contributed by atoms with Crippen LogP contribution in [0.1, 0.15) is 6.42 Å². The number of allylic oxidation sites excluding steroid dienone is 4. The Kier molecular flexibility index (Phi) is 9.23. The van der Waals surface area contributed by atoms with Gasteiger partial charge in [-0.25, -0.2) is 4.79 Å². The van der Waals surface area contributed by atoms with Crippen LogP contribution in [0.4, 0.5) is 0 Å². The molecule has 0 saturated heterocycles. The summed E-state index contributed by atoms with van der Waals surface area (Å²) in [7, 11) is 3.30. The zero-order valence-corrected chi connectivity index (χ0v) is 13.8. The van der Waals surface area contributed by atoms with Gasteiger partial charge in [-0.15, -0.1) is 0 Å². The third kappa shape index (κ3) is 6.47. The summed E-state index contributed by atoms with van der Waals surface area (Å²) in [5.74, 6) is -3.59. The van der Waals surface area contributed by atoms with Crippen molar-refractivity contribution >= 4 is 11.9 Å². The van der Waals surface area contributed by atoms with Gasteiger partial charge in [0.2, 0.25) is 0 Å². The summed E-state index contributed by atoms with van der Waals surface area (Å²) in [6.07, 6.45) is 1.61. The molecule has 0 aliphatic heterocycles. The third-order valence-corrected chi connectivity index (χ3v) is 2.85. The topological polar surface area (TPSA) is 153 Å². The summed E-state index contributed by atoms with van der Waals surface area (Å²) >= 11 is 0. The monoisotopic (exact) mass is 345 g/mol. The van der Waals surface area contributed by atoms with Gasteiger partial charge in [-0.3, -0.25) is 4.79 Å². The molecule has 130 valence electrons. The highest BCUT2D eigenvalue weighted by Crippen LogP contribution is 2.21. The first-order valence-corrected chi connectivity index (χ1v) is 6.63. The average molecular weight is 345 g/mol. The number of nitriles is 3. The van der Waals surface area contributed by atoms with E-state index in [-0.39, 0.29) is 11.1 Å². The van der Waals surface area contributed by atoms with E-state index in [0.717, 1.165) is 33.5 Å². The predicted octanol–water partition coefficient (Wildman–Crippen LogP) is 1.18. The highest BCUT2D eigenvalue weighted by molar-refractivity contribution is 5.93. The van der Waals surface area contributed by atoms with Crippen molar-refractivity contribution in [3.63, 3.8) is 0 Å². The molecular formula is C16H15N3O6. The lowest BCUT2D eigenvalue weighted by atomic mass is 9.93. The predicted molar refractivity (Wildman–Crippen MR) is 81.8 cm³/mol. The maximum atomic E-state index is 11.5. The summed E-state index contributed by atoms with van der Waals surface area (Å²) in [5.41, 5.74) is -0.899. The normalized spacial score (nSPS) is 13.3. The number of ether oxygens (including phenoxy) is 3. The van der Waals surface area contributed by atoms with E-state index in [2.05, 4.69) is 14.2 Å². The van der Waals surface area contributed by atoms with Crippen LogP contribution in [0.15, 0.2) is 34.8 Å². The van der Waals surface area contributed by atoms with Crippen molar-refractivity contribution in [1.29, 1.82) is 15.8 Å². The Hall–Kier alpha value is -3.77. The van der Waals surface area contributed by atoms with Gasteiger partial charge in [-0.2, -0.15) is 15.8 Å². The Balaban J connectivity index is 6.34. The molecule has 0 fully saturated rings. The number of methoxy groups -OCH3 is 3. The fourth-order valence-corrected chi connectivity index (χ4v) is 1.56. The highest BCUT2D eigenvalue weighted by atomic mass is 16.6. The van der Waals surface area contributed by atoms with Crippen LogP contribution in [0.25, 0.3) is 0 Å². The van der Waals surface area contributed by atoms with Gasteiger partial charge in [-0.05, 0) is 17.7 Å². The van der Waals surface area contributed by atoms with Gasteiger partial charge >= 0.3 is 11.9 Å². The number of hydrogen-bond acceptors (Lipinski definition) is 9. The molecule has 0 aliphatic rings. The molecular weight excluding hydrogens is 330 g/mol. The van der Waals surface area contributed by atoms with Crippen molar-refractivity contribution in [3.8, 4) is 18.2 Å². The number of nitrogens with zero attached hydrogens (tertiary/aromatic N) is 3. The average Bonchev–Trinajstić information content (AvgIpc) is 2.65. The number of carbonyl (C=O) groups is 2. The van der Waals surface area contributed by atoms with Crippen LogP contribution in [-0.4, -0.2) is 38.4 Å². The highest BCUT2D eigenvalue weighted by Gasteiger charge is 2.21. The fraction of sp³-hybridized carbons (Fsp3) is 0.312. The molecule has 9 heteroatoms. The molecule has 0 rings (SSSR count). The SMILES string of the molecule is COC(=O)CC(C#N)C(/C=C(/C#N)C(=O)OC)=C\C(C#N)=C(/O)OC. The Bertz CT molecular complexity index is 743. The molecule has 1 unspecified atom stereocenters. The maximum Gasteiger partial charge on any atom is 0.348 e. The van der Waals surface area contributed by atoms with Crippen LogP contribution in [0, 0.1) is 39.9 Å². The first-order valence-electron chi connectivity index (χ1n) is 6.63. The van der Waals surface area contributed by atoms with Gasteiger partial charge < -0.3 is 19.3 Å². The Morgan fingerprint density at radius 2 is 1.68 bits per heavy atom. The molecule has 0 aromatic carbocycles. The number of rotatable bonds is 7. The van der Waals surface area contributed by atoms with E-state index in [9.17, 15) is 20.0 Å². The molecule has 25 heavy (non-hydrogen) atoms. The van der Waals surface area contributed by atoms with Gasteiger partial charge in [0.1, 0.15) is 23.3 Å². The van der Waals surface area contributed by atoms with Crippen LogP contribution in [0.3, 0.4) is 0 Å². The molecule has 0 saturated carbocycles. The lowest BCUT2D eigenvalue weighted by Crippen LogP contribution is -2.12. The Morgan fingerprint density at radius 1 is 1.04 bits per heavy atom. The summed E-state index contributed by atoms with van der Waals surface area (Å²) < 4.78 is 13.5. The maximum absolute atomic E-state index is 11.5. The minimum absolute atomic E-state index is 0.0602. The van der Waals surface area contributed by atoms with Crippen molar-refractivity contribution in [1.82, 2.24) is 0 Å². The van der Waals surface area contributed by atoms with E-state index in [1.807, 2.05) is 6.07 Å². The van der Waals surface area contributed by atoms with Crippen molar-refractivity contribution < 1.29 is 28.9 Å². The van der Waals surface area contributed by atoms with E-state index in [0.29, 0.717) is 0 Å². The van der Waals surface area contributed by atoms with Crippen LogP contribution in [0.2, 0.25) is 0 Å². The molecule has 0 spiro atoms. The van der Waals surface area contributed by atoms with E-state index < -0.39 is 35.8 Å². The number of esters is 2. The Labute approximate surface area is 144 Å². The van der Waals surface area contributed by atoms with Crippen molar-refractivity contribution in [3.05, 3.63) is 34.8 Å². The molecule has 1 atom stereocenters. The van der Waals surface area contributed by atoms with Crippen LogP contribution < -0.4 is 0 Å². The van der Waals surface area contributed by atoms with Crippen LogP contribution >= 0.6 is 0 Å². The number of carbonyl (C=O) groups excluding carboxylic acids is 2. The van der Waals surface area contributed by atoms with Crippen LogP contribution in [0.5, 0.6) is 0 Å². The molecule has 0 radical (unpaired) electrons. The smallest absolute Gasteiger partial charge is 0.348 e. The van der Waals surface area contributed by atoms with E-state index in [1.54, 1.807) is 12.1 Å². The van der Waals surface area contributed by atoms with E-state index in [4.69, 9.17) is 10.5 Å². The van der Waals surface area contributed by atoms with Crippen molar-refractivity contribution in [2.24, 2.45) is 5.92 Å². The lowest BCUT2D eigenvalue weighted by molar-refractivity contribution is -0.141. The van der Waals surface area contributed by atoms with Crippen LogP contribution in [-0.2, 0) is 23.8 Å². The first kappa shape index (κ1) is 21.2. The lowest BCUT2D eigenvalue weighted by Gasteiger charge is -2.10. The minimum atomic E-state index is -1.16. The number of hydrogen-bond donors (Lipinski definition) is 1. The Morgan fingerprint density at radius 3 is 2.08 bits per heavy atom. The summed E-state index contributed by atoms with van der Waals surface area (Å²) in [6.45, 7) is 0. The zero-order chi connectivity index (χ0) is 19.4. The molecule has 0 heterocycles. The van der Waals surface area contributed by atoms with Crippen molar-refractivity contribution in [2.75, 3.05) is 21.3 Å². The second-order valence-electron chi connectivity index (χ2n) is 4.30. The van der Waals surface area contributed by atoms with Gasteiger partial charge in [0.15, 0.2) is 0 Å². The minimum Gasteiger partial charge on any atom is -0.480 e. The van der Waals surface area contributed by atoms with Gasteiger partial charge in [0, 0.05) is 0 Å².